The molecular formula is C23H28N4O. The average molecular weight is 377 g/mol. The number of hydrogen-bond donors (Lipinski definition) is 2. The van der Waals surface area contributed by atoms with Gasteiger partial charge in [0.05, 0.1) is 7.11 Å². The molecule has 1 aromatic heterocycles. The van der Waals surface area contributed by atoms with Crippen molar-refractivity contribution in [2.45, 2.75) is 33.1 Å². The minimum atomic E-state index is 0.524. The van der Waals surface area contributed by atoms with Gasteiger partial charge < -0.3 is 15.4 Å². The molecular weight excluding hydrogens is 348 g/mol. The Morgan fingerprint density at radius 1 is 0.964 bits per heavy atom. The maximum absolute atomic E-state index is 5.28. The SMILES string of the molecule is COc1cccc(CCNc2cc(Nc3ccc(C(C)C)cc3)nc(C)n2)c1. The van der Waals surface area contributed by atoms with Crippen LogP contribution in [0, 0.1) is 6.92 Å². The highest BCUT2D eigenvalue weighted by Gasteiger charge is 2.04. The monoisotopic (exact) mass is 376 g/mol. The van der Waals surface area contributed by atoms with E-state index in [1.807, 2.05) is 25.1 Å². The molecule has 5 nitrogen and oxygen atoms in total. The average Bonchev–Trinajstić information content (AvgIpc) is 2.68. The summed E-state index contributed by atoms with van der Waals surface area (Å²) < 4.78 is 5.28. The van der Waals surface area contributed by atoms with Gasteiger partial charge in [0.25, 0.3) is 0 Å². The molecule has 5 heteroatoms. The number of rotatable bonds is 8. The third kappa shape index (κ3) is 5.46. The van der Waals surface area contributed by atoms with Gasteiger partial charge in [0.15, 0.2) is 0 Å². The highest BCUT2D eigenvalue weighted by Crippen LogP contribution is 2.21. The lowest BCUT2D eigenvalue weighted by Crippen LogP contribution is -2.08. The van der Waals surface area contributed by atoms with E-state index in [2.05, 4.69) is 70.8 Å². The Bertz CT molecular complexity index is 907. The molecule has 0 saturated carbocycles. The summed E-state index contributed by atoms with van der Waals surface area (Å²) in [6.45, 7) is 7.08. The quantitative estimate of drug-likeness (QED) is 0.557. The molecule has 0 bridgehead atoms. The maximum atomic E-state index is 5.28. The molecule has 0 fully saturated rings. The number of anilines is 3. The first-order valence-electron chi connectivity index (χ1n) is 9.63. The normalized spacial score (nSPS) is 10.8. The Morgan fingerprint density at radius 3 is 2.43 bits per heavy atom. The van der Waals surface area contributed by atoms with Gasteiger partial charge in [-0.2, -0.15) is 0 Å². The molecule has 146 valence electrons. The molecule has 0 aliphatic heterocycles. The van der Waals surface area contributed by atoms with E-state index >= 15 is 0 Å². The Morgan fingerprint density at radius 2 is 1.71 bits per heavy atom. The first kappa shape index (κ1) is 19.7. The van der Waals surface area contributed by atoms with E-state index in [4.69, 9.17) is 4.74 Å². The fourth-order valence-electron chi connectivity index (χ4n) is 2.98. The van der Waals surface area contributed by atoms with Crippen LogP contribution >= 0.6 is 0 Å². The van der Waals surface area contributed by atoms with Gasteiger partial charge in [-0.25, -0.2) is 9.97 Å². The van der Waals surface area contributed by atoms with Crippen LogP contribution in [0.5, 0.6) is 5.75 Å². The molecule has 0 saturated heterocycles. The highest BCUT2D eigenvalue weighted by molar-refractivity contribution is 5.59. The van der Waals surface area contributed by atoms with E-state index in [1.165, 1.54) is 11.1 Å². The van der Waals surface area contributed by atoms with Gasteiger partial charge in [-0.1, -0.05) is 38.1 Å². The fourth-order valence-corrected chi connectivity index (χ4v) is 2.98. The van der Waals surface area contributed by atoms with Gasteiger partial charge in [0.1, 0.15) is 23.2 Å². The van der Waals surface area contributed by atoms with Crippen LogP contribution in [0.1, 0.15) is 36.7 Å². The van der Waals surface area contributed by atoms with Crippen molar-refractivity contribution < 1.29 is 4.74 Å². The molecule has 0 unspecified atom stereocenters. The number of aromatic nitrogens is 2. The summed E-state index contributed by atoms with van der Waals surface area (Å²) in [5.41, 5.74) is 3.57. The molecule has 0 amide bonds. The van der Waals surface area contributed by atoms with Crippen LogP contribution in [0.25, 0.3) is 0 Å². The van der Waals surface area contributed by atoms with Gasteiger partial charge in [-0.3, -0.25) is 0 Å². The molecule has 1 heterocycles. The van der Waals surface area contributed by atoms with E-state index < -0.39 is 0 Å². The van der Waals surface area contributed by atoms with Crippen LogP contribution in [0.3, 0.4) is 0 Å². The fraction of sp³-hybridized carbons (Fsp3) is 0.304. The van der Waals surface area contributed by atoms with E-state index in [0.717, 1.165) is 41.9 Å². The second-order valence-corrected chi connectivity index (χ2v) is 7.12. The zero-order valence-corrected chi connectivity index (χ0v) is 17.0. The summed E-state index contributed by atoms with van der Waals surface area (Å²) in [5, 5.41) is 6.76. The lowest BCUT2D eigenvalue weighted by atomic mass is 10.0. The van der Waals surface area contributed by atoms with Crippen molar-refractivity contribution in [2.24, 2.45) is 0 Å². The highest BCUT2D eigenvalue weighted by atomic mass is 16.5. The topological polar surface area (TPSA) is 59.1 Å². The predicted octanol–water partition coefficient (Wildman–Crippen LogP) is 5.32. The smallest absolute Gasteiger partial charge is 0.136 e. The van der Waals surface area contributed by atoms with Crippen molar-refractivity contribution in [2.75, 3.05) is 24.3 Å². The van der Waals surface area contributed by atoms with Gasteiger partial charge in [0.2, 0.25) is 0 Å². The largest absolute Gasteiger partial charge is 0.497 e. The van der Waals surface area contributed by atoms with Gasteiger partial charge in [0, 0.05) is 18.3 Å². The van der Waals surface area contributed by atoms with Crippen LogP contribution in [0.4, 0.5) is 17.3 Å². The van der Waals surface area contributed by atoms with Crippen molar-refractivity contribution >= 4 is 17.3 Å². The third-order valence-electron chi connectivity index (χ3n) is 4.54. The number of nitrogens with one attached hydrogen (secondary N) is 2. The van der Waals surface area contributed by atoms with Crippen LogP contribution in [-0.4, -0.2) is 23.6 Å². The lowest BCUT2D eigenvalue weighted by molar-refractivity contribution is 0.414. The summed E-state index contributed by atoms with van der Waals surface area (Å²) in [6, 6.07) is 18.5. The second kappa shape index (κ2) is 9.22. The Kier molecular flexibility index (Phi) is 6.48. The molecule has 2 N–H and O–H groups in total. The number of aryl methyl sites for hydroxylation is 1. The van der Waals surface area contributed by atoms with E-state index in [1.54, 1.807) is 7.11 Å². The minimum Gasteiger partial charge on any atom is -0.497 e. The van der Waals surface area contributed by atoms with Crippen molar-refractivity contribution in [3.8, 4) is 5.75 Å². The van der Waals surface area contributed by atoms with E-state index in [9.17, 15) is 0 Å². The third-order valence-corrected chi connectivity index (χ3v) is 4.54. The first-order chi connectivity index (χ1) is 13.5. The van der Waals surface area contributed by atoms with Crippen molar-refractivity contribution in [3.05, 3.63) is 71.5 Å². The molecule has 0 aliphatic rings. The maximum Gasteiger partial charge on any atom is 0.136 e. The van der Waals surface area contributed by atoms with Crippen LogP contribution in [-0.2, 0) is 6.42 Å². The molecule has 3 aromatic rings. The summed E-state index contributed by atoms with van der Waals surface area (Å²) in [5.74, 6) is 3.74. The Hall–Kier alpha value is -3.08. The van der Waals surface area contributed by atoms with Gasteiger partial charge in [-0.05, 0) is 54.7 Å². The van der Waals surface area contributed by atoms with Crippen LogP contribution in [0.2, 0.25) is 0 Å². The molecule has 28 heavy (non-hydrogen) atoms. The molecule has 3 rings (SSSR count). The van der Waals surface area contributed by atoms with Crippen molar-refractivity contribution in [1.82, 2.24) is 9.97 Å². The molecule has 0 aliphatic carbocycles. The predicted molar refractivity (Wildman–Crippen MR) is 116 cm³/mol. The van der Waals surface area contributed by atoms with Crippen molar-refractivity contribution in [3.63, 3.8) is 0 Å². The number of benzene rings is 2. The zero-order chi connectivity index (χ0) is 19.9. The Labute approximate surface area is 167 Å². The number of nitrogens with zero attached hydrogens (tertiary/aromatic N) is 2. The Balaban J connectivity index is 1.62. The molecule has 2 aromatic carbocycles. The second-order valence-electron chi connectivity index (χ2n) is 7.12. The lowest BCUT2D eigenvalue weighted by Gasteiger charge is -2.12. The number of methoxy groups -OCH3 is 1. The number of hydrogen-bond acceptors (Lipinski definition) is 5. The summed E-state index contributed by atoms with van der Waals surface area (Å²) in [6.07, 6.45) is 0.889. The summed E-state index contributed by atoms with van der Waals surface area (Å²) in [7, 11) is 1.69. The van der Waals surface area contributed by atoms with E-state index in [0.29, 0.717) is 5.92 Å². The van der Waals surface area contributed by atoms with Crippen LogP contribution in [0.15, 0.2) is 54.6 Å². The first-order valence-corrected chi connectivity index (χ1v) is 9.63. The molecule has 0 spiro atoms. The standard InChI is InChI=1S/C23H28N4O/c1-16(2)19-8-10-20(11-9-19)27-23-15-22(25-17(3)26-23)24-13-12-18-6-5-7-21(14-18)28-4/h5-11,14-16H,12-13H2,1-4H3,(H2,24,25,26,27). The zero-order valence-electron chi connectivity index (χ0n) is 17.0. The van der Waals surface area contributed by atoms with Crippen molar-refractivity contribution in [1.29, 1.82) is 0 Å². The van der Waals surface area contributed by atoms with Gasteiger partial charge in [-0.15, -0.1) is 0 Å². The van der Waals surface area contributed by atoms with E-state index in [-0.39, 0.29) is 0 Å². The summed E-state index contributed by atoms with van der Waals surface area (Å²) in [4.78, 5) is 8.99. The molecule has 0 atom stereocenters. The molecule has 0 radical (unpaired) electrons. The number of ether oxygens (including phenoxy) is 1. The summed E-state index contributed by atoms with van der Waals surface area (Å²) >= 11 is 0. The van der Waals surface area contributed by atoms with Gasteiger partial charge >= 0.3 is 0 Å². The van der Waals surface area contributed by atoms with Crippen LogP contribution < -0.4 is 15.4 Å². The minimum absolute atomic E-state index is 0.524.